The molecule has 0 saturated heterocycles. The van der Waals surface area contributed by atoms with Gasteiger partial charge >= 0.3 is 16.5 Å². The molecule has 0 heterocycles. The molecule has 0 aromatic rings. The van der Waals surface area contributed by atoms with Gasteiger partial charge in [0.2, 0.25) is 0 Å². The Hall–Kier alpha value is -0.0000000000000000486. The molecule has 0 fully saturated rings. The van der Waals surface area contributed by atoms with Crippen LogP contribution in [-0.4, -0.2) is 9.79 Å². The Kier molecular flexibility index (Phi) is 12.3. The molecular formula is C2H8O7P2+2. The summed E-state index contributed by atoms with van der Waals surface area (Å²) in [4.78, 5) is 15.5. The topological polar surface area (TPSA) is 102 Å². The van der Waals surface area contributed by atoms with Crippen molar-refractivity contribution in [3.8, 4) is 0 Å². The molecule has 0 rings (SSSR count). The van der Waals surface area contributed by atoms with Gasteiger partial charge in [-0.1, -0.05) is 13.8 Å². The van der Waals surface area contributed by atoms with Gasteiger partial charge in [0, 0.05) is 14.2 Å². The van der Waals surface area contributed by atoms with E-state index in [1.165, 1.54) is 0 Å². The van der Waals surface area contributed by atoms with Crippen LogP contribution in [0.5, 0.6) is 0 Å². The van der Waals surface area contributed by atoms with Gasteiger partial charge in [-0.15, -0.1) is 9.79 Å². The van der Waals surface area contributed by atoms with Gasteiger partial charge in [-0.05, 0) is 0 Å². The lowest BCUT2D eigenvalue weighted by Gasteiger charge is -1.71. The van der Waals surface area contributed by atoms with Crippen molar-refractivity contribution in [2.75, 3.05) is 0 Å². The second kappa shape index (κ2) is 10.0. The fraction of sp³-hybridized carbons (Fsp3) is 1.00. The molecule has 0 saturated carbocycles. The van der Waals surface area contributed by atoms with E-state index < -0.39 is 16.5 Å². The minimum atomic E-state index is -2.97. The highest BCUT2D eigenvalue weighted by Gasteiger charge is 2.22. The van der Waals surface area contributed by atoms with Crippen LogP contribution < -0.4 is 0 Å². The van der Waals surface area contributed by atoms with E-state index >= 15 is 0 Å². The zero-order chi connectivity index (χ0) is 9.28. The van der Waals surface area contributed by atoms with E-state index in [4.69, 9.17) is 9.79 Å². The molecule has 11 heavy (non-hydrogen) atoms. The summed E-state index contributed by atoms with van der Waals surface area (Å²) >= 11 is 0. The summed E-state index contributed by atoms with van der Waals surface area (Å²) in [5.41, 5.74) is 0. The van der Waals surface area contributed by atoms with Crippen LogP contribution in [-0.2, 0) is 23.5 Å². The Balaban J connectivity index is 0. The predicted octanol–water partition coefficient (Wildman–Crippen LogP) is 1.19. The van der Waals surface area contributed by atoms with Crippen LogP contribution in [0.25, 0.3) is 0 Å². The summed E-state index contributed by atoms with van der Waals surface area (Å²) < 4.78 is 25.8. The van der Waals surface area contributed by atoms with Crippen LogP contribution in [0, 0.1) is 0 Å². The molecule has 0 bridgehead atoms. The molecule has 2 atom stereocenters. The molecule has 0 amide bonds. The molecule has 0 aliphatic rings. The Labute approximate surface area is 64.7 Å². The minimum absolute atomic E-state index is 2.00. The van der Waals surface area contributed by atoms with Crippen LogP contribution in [0.1, 0.15) is 13.8 Å². The molecule has 2 N–H and O–H groups in total. The predicted molar refractivity (Wildman–Crippen MR) is 34.3 cm³/mol. The highest BCUT2D eigenvalue weighted by molar-refractivity contribution is 7.32. The van der Waals surface area contributed by atoms with Crippen molar-refractivity contribution in [3.05, 3.63) is 0 Å². The molecular weight excluding hydrogens is 198 g/mol. The van der Waals surface area contributed by atoms with Gasteiger partial charge in [0.1, 0.15) is 0 Å². The molecule has 2 unspecified atom stereocenters. The Morgan fingerprint density at radius 1 is 1.00 bits per heavy atom. The van der Waals surface area contributed by atoms with Crippen LogP contribution in [0.4, 0.5) is 0 Å². The zero-order valence-electron chi connectivity index (χ0n) is 5.83. The average Bonchev–Trinajstić information content (AvgIpc) is 1.90. The van der Waals surface area contributed by atoms with Crippen molar-refractivity contribution in [1.82, 2.24) is 0 Å². The van der Waals surface area contributed by atoms with E-state index in [1.54, 1.807) is 0 Å². The second-order valence-corrected chi connectivity index (χ2v) is 1.94. The Morgan fingerprint density at radius 2 is 1.27 bits per heavy atom. The van der Waals surface area contributed by atoms with E-state index in [0.29, 0.717) is 0 Å². The molecule has 7 nitrogen and oxygen atoms in total. The van der Waals surface area contributed by atoms with Gasteiger partial charge in [0.25, 0.3) is 0 Å². The van der Waals surface area contributed by atoms with E-state index in [-0.39, 0.29) is 0 Å². The van der Waals surface area contributed by atoms with Crippen molar-refractivity contribution in [2.45, 2.75) is 13.8 Å². The fourth-order valence-electron chi connectivity index (χ4n) is 0.0657. The normalized spacial score (nSPS) is 11.3. The summed E-state index contributed by atoms with van der Waals surface area (Å²) in [6, 6.07) is 0. The Morgan fingerprint density at radius 3 is 1.45 bits per heavy atom. The molecule has 0 aliphatic carbocycles. The van der Waals surface area contributed by atoms with Gasteiger partial charge in [0.05, 0.1) is 9.35 Å². The van der Waals surface area contributed by atoms with E-state index in [1.807, 2.05) is 13.8 Å². The lowest BCUT2D eigenvalue weighted by molar-refractivity contribution is -0.413. The Bertz CT molecular complexity index is 110. The van der Waals surface area contributed by atoms with E-state index in [2.05, 4.69) is 14.4 Å². The zero-order valence-corrected chi connectivity index (χ0v) is 7.62. The number of hydrogen-bond donors (Lipinski definition) is 2. The van der Waals surface area contributed by atoms with Crippen molar-refractivity contribution in [3.63, 3.8) is 0 Å². The maximum absolute atomic E-state index is 9.53. The van der Waals surface area contributed by atoms with Gasteiger partial charge in [-0.3, -0.25) is 0 Å². The van der Waals surface area contributed by atoms with Crippen molar-refractivity contribution in [2.24, 2.45) is 0 Å². The maximum atomic E-state index is 9.53. The van der Waals surface area contributed by atoms with E-state index in [9.17, 15) is 9.13 Å². The third-order valence-electron chi connectivity index (χ3n) is 0.188. The molecule has 0 radical (unpaired) electrons. The molecule has 0 aromatic carbocycles. The highest BCUT2D eigenvalue weighted by Crippen LogP contribution is 2.20. The molecule has 0 aliphatic heterocycles. The third-order valence-corrected chi connectivity index (χ3v) is 0.565. The monoisotopic (exact) mass is 206 g/mol. The summed E-state index contributed by atoms with van der Waals surface area (Å²) in [5.74, 6) is 0. The van der Waals surface area contributed by atoms with Crippen molar-refractivity contribution >= 4 is 16.5 Å². The first kappa shape index (κ1) is 13.6. The van der Waals surface area contributed by atoms with Gasteiger partial charge in [0.15, 0.2) is 0 Å². The van der Waals surface area contributed by atoms with Crippen LogP contribution in [0.15, 0.2) is 0 Å². The van der Waals surface area contributed by atoms with Crippen LogP contribution in [0.3, 0.4) is 0 Å². The summed E-state index contributed by atoms with van der Waals surface area (Å²) in [5, 5.41) is 3.29. The molecule has 0 aromatic heterocycles. The fourth-order valence-corrected chi connectivity index (χ4v) is 0.279. The maximum Gasteiger partial charge on any atom is 0.728 e. The first-order valence-electron chi connectivity index (χ1n) is 2.46. The standard InChI is InChI=1S/C2H6.O7P2/c1-2;1-8(2)6-5-7-9(3)4/h1-2H3;/p+2. The van der Waals surface area contributed by atoms with Crippen molar-refractivity contribution < 1.29 is 33.3 Å². The summed E-state index contributed by atoms with van der Waals surface area (Å²) in [6.45, 7) is 4.00. The van der Waals surface area contributed by atoms with Crippen LogP contribution in [0.2, 0.25) is 0 Å². The smallest absolute Gasteiger partial charge is 0.132 e. The van der Waals surface area contributed by atoms with Crippen LogP contribution >= 0.6 is 16.5 Å². The lowest BCUT2D eigenvalue weighted by atomic mass is 11.0. The summed E-state index contributed by atoms with van der Waals surface area (Å²) in [6.07, 6.45) is 0. The largest absolute Gasteiger partial charge is 0.728 e. The quantitative estimate of drug-likeness (QED) is 0.404. The molecule has 66 valence electrons. The number of hydrogen-bond acceptors (Lipinski definition) is 5. The lowest BCUT2D eigenvalue weighted by Crippen LogP contribution is -1.80. The second-order valence-electron chi connectivity index (χ2n) is 0.693. The van der Waals surface area contributed by atoms with Gasteiger partial charge in [-0.25, -0.2) is 0 Å². The summed E-state index contributed by atoms with van der Waals surface area (Å²) in [7, 11) is -5.94. The third kappa shape index (κ3) is 17.8. The molecule has 9 heteroatoms. The van der Waals surface area contributed by atoms with Gasteiger partial charge < -0.3 is 0 Å². The first-order chi connectivity index (χ1) is 5.13. The van der Waals surface area contributed by atoms with Gasteiger partial charge in [-0.2, -0.15) is 0 Å². The molecule has 0 spiro atoms. The first-order valence-corrected chi connectivity index (χ1v) is 4.72. The number of rotatable bonds is 4. The average molecular weight is 206 g/mol. The SMILES string of the molecule is CC.O=[P+](O)OOO[P+](=O)O. The highest BCUT2D eigenvalue weighted by atomic mass is 31.1. The van der Waals surface area contributed by atoms with Crippen molar-refractivity contribution in [1.29, 1.82) is 0 Å². The van der Waals surface area contributed by atoms with E-state index in [0.717, 1.165) is 0 Å². The minimum Gasteiger partial charge on any atom is -0.132 e.